The van der Waals surface area contributed by atoms with Crippen molar-refractivity contribution in [2.45, 2.75) is 32.7 Å². The Hall–Kier alpha value is -2.04. The van der Waals surface area contributed by atoms with Gasteiger partial charge in [-0.2, -0.15) is 0 Å². The maximum atomic E-state index is 12.4. The molecule has 0 atom stereocenters. The van der Waals surface area contributed by atoms with Crippen LogP contribution in [-0.2, 0) is 17.8 Å². The zero-order valence-electron chi connectivity index (χ0n) is 16.5. The SMILES string of the molecule is CCc1ccc(OCCNC(=O)C2CCN(Cc3ccccc3Cl)CC2)cc1. The van der Waals surface area contributed by atoms with Gasteiger partial charge in [-0.25, -0.2) is 0 Å². The van der Waals surface area contributed by atoms with Crippen molar-refractivity contribution in [1.29, 1.82) is 0 Å². The lowest BCUT2D eigenvalue weighted by Crippen LogP contribution is -2.41. The summed E-state index contributed by atoms with van der Waals surface area (Å²) in [5.41, 5.74) is 2.44. The number of amides is 1. The highest BCUT2D eigenvalue weighted by Crippen LogP contribution is 2.22. The number of nitrogens with zero attached hydrogens (tertiary/aromatic N) is 1. The topological polar surface area (TPSA) is 41.6 Å². The number of rotatable bonds is 8. The number of ether oxygens (including phenoxy) is 1. The molecule has 1 N–H and O–H groups in total. The first kappa shape index (κ1) is 20.7. The van der Waals surface area contributed by atoms with Gasteiger partial charge in [-0.15, -0.1) is 0 Å². The van der Waals surface area contributed by atoms with Gasteiger partial charge in [0.05, 0.1) is 6.54 Å². The highest BCUT2D eigenvalue weighted by Gasteiger charge is 2.24. The van der Waals surface area contributed by atoms with Crippen LogP contribution in [0.3, 0.4) is 0 Å². The molecule has 0 bridgehead atoms. The molecule has 1 heterocycles. The number of piperidine rings is 1. The van der Waals surface area contributed by atoms with Crippen molar-refractivity contribution in [3.05, 3.63) is 64.7 Å². The van der Waals surface area contributed by atoms with Crippen LogP contribution in [0.15, 0.2) is 48.5 Å². The molecule has 0 saturated carbocycles. The van der Waals surface area contributed by atoms with Crippen molar-refractivity contribution in [1.82, 2.24) is 10.2 Å². The van der Waals surface area contributed by atoms with E-state index < -0.39 is 0 Å². The largest absolute Gasteiger partial charge is 0.492 e. The zero-order valence-corrected chi connectivity index (χ0v) is 17.3. The molecule has 0 spiro atoms. The second-order valence-electron chi connectivity index (χ2n) is 7.28. The molecule has 2 aromatic carbocycles. The monoisotopic (exact) mass is 400 g/mol. The first-order valence-corrected chi connectivity index (χ1v) is 10.5. The van der Waals surface area contributed by atoms with E-state index in [0.29, 0.717) is 13.2 Å². The molecule has 5 heteroatoms. The third-order valence-electron chi connectivity index (χ3n) is 5.31. The van der Waals surface area contributed by atoms with Crippen LogP contribution in [0.4, 0.5) is 0 Å². The van der Waals surface area contributed by atoms with Crippen LogP contribution >= 0.6 is 11.6 Å². The summed E-state index contributed by atoms with van der Waals surface area (Å²) in [4.78, 5) is 14.8. The number of carbonyl (C=O) groups is 1. The van der Waals surface area contributed by atoms with Crippen LogP contribution in [0, 0.1) is 5.92 Å². The molecule has 1 aliphatic rings. The van der Waals surface area contributed by atoms with Crippen molar-refractivity contribution in [3.8, 4) is 5.75 Å². The van der Waals surface area contributed by atoms with Crippen molar-refractivity contribution in [2.24, 2.45) is 5.92 Å². The average Bonchev–Trinajstić information content (AvgIpc) is 2.73. The zero-order chi connectivity index (χ0) is 19.8. The Kier molecular flexibility index (Phi) is 7.75. The van der Waals surface area contributed by atoms with Gasteiger partial charge in [0.2, 0.25) is 5.91 Å². The summed E-state index contributed by atoms with van der Waals surface area (Å²) in [5.74, 6) is 1.08. The smallest absolute Gasteiger partial charge is 0.223 e. The molecule has 0 radical (unpaired) electrons. The molecule has 0 unspecified atom stereocenters. The van der Waals surface area contributed by atoms with Crippen molar-refractivity contribution < 1.29 is 9.53 Å². The molecule has 3 rings (SSSR count). The lowest BCUT2D eigenvalue weighted by atomic mass is 9.95. The van der Waals surface area contributed by atoms with E-state index in [9.17, 15) is 4.79 Å². The van der Waals surface area contributed by atoms with Gasteiger partial charge in [0.15, 0.2) is 0 Å². The van der Waals surface area contributed by atoms with E-state index in [4.69, 9.17) is 16.3 Å². The molecular formula is C23H29ClN2O2. The number of halogens is 1. The summed E-state index contributed by atoms with van der Waals surface area (Å²) in [7, 11) is 0. The minimum Gasteiger partial charge on any atom is -0.492 e. The quantitative estimate of drug-likeness (QED) is 0.671. The van der Waals surface area contributed by atoms with Gasteiger partial charge in [-0.3, -0.25) is 9.69 Å². The third-order valence-corrected chi connectivity index (χ3v) is 5.68. The third kappa shape index (κ3) is 5.98. The van der Waals surface area contributed by atoms with E-state index in [0.717, 1.165) is 55.2 Å². The van der Waals surface area contributed by atoms with Crippen LogP contribution in [0.2, 0.25) is 5.02 Å². The molecule has 0 aromatic heterocycles. The fourth-order valence-corrected chi connectivity index (χ4v) is 3.73. The standard InChI is InChI=1S/C23H29ClN2O2/c1-2-18-7-9-21(10-8-18)28-16-13-25-23(27)19-11-14-26(15-12-19)17-20-5-3-4-6-22(20)24/h3-10,19H,2,11-17H2,1H3,(H,25,27). The highest BCUT2D eigenvalue weighted by atomic mass is 35.5. The van der Waals surface area contributed by atoms with Gasteiger partial charge >= 0.3 is 0 Å². The fraction of sp³-hybridized carbons (Fsp3) is 0.435. The Bertz CT molecular complexity index is 755. The first-order chi connectivity index (χ1) is 13.7. The van der Waals surface area contributed by atoms with Crippen molar-refractivity contribution >= 4 is 17.5 Å². The van der Waals surface area contributed by atoms with E-state index in [2.05, 4.69) is 35.3 Å². The lowest BCUT2D eigenvalue weighted by Gasteiger charge is -2.31. The number of hydrogen-bond donors (Lipinski definition) is 1. The number of hydrogen-bond acceptors (Lipinski definition) is 3. The molecule has 2 aromatic rings. The first-order valence-electron chi connectivity index (χ1n) is 10.1. The Balaban J connectivity index is 1.34. The summed E-state index contributed by atoms with van der Waals surface area (Å²) in [6, 6.07) is 16.1. The average molecular weight is 401 g/mol. The maximum absolute atomic E-state index is 12.4. The Labute approximate surface area is 172 Å². The van der Waals surface area contributed by atoms with E-state index in [1.54, 1.807) is 0 Å². The number of nitrogens with one attached hydrogen (secondary N) is 1. The van der Waals surface area contributed by atoms with Crippen LogP contribution < -0.4 is 10.1 Å². The van der Waals surface area contributed by atoms with Crippen LogP contribution in [0.25, 0.3) is 0 Å². The molecular weight excluding hydrogens is 372 g/mol. The Morgan fingerprint density at radius 1 is 1.14 bits per heavy atom. The molecule has 1 amide bonds. The second-order valence-corrected chi connectivity index (χ2v) is 7.69. The van der Waals surface area contributed by atoms with Crippen LogP contribution in [0.5, 0.6) is 5.75 Å². The van der Waals surface area contributed by atoms with E-state index >= 15 is 0 Å². The minimum absolute atomic E-state index is 0.0892. The molecule has 0 aliphatic carbocycles. The maximum Gasteiger partial charge on any atom is 0.223 e. The van der Waals surface area contributed by atoms with E-state index in [-0.39, 0.29) is 11.8 Å². The van der Waals surface area contributed by atoms with E-state index in [1.807, 2.05) is 30.3 Å². The normalized spacial score (nSPS) is 15.4. The van der Waals surface area contributed by atoms with Gasteiger partial charge in [0.1, 0.15) is 12.4 Å². The minimum atomic E-state index is 0.0892. The predicted octanol–water partition coefficient (Wildman–Crippen LogP) is 4.31. The van der Waals surface area contributed by atoms with Crippen molar-refractivity contribution in [3.63, 3.8) is 0 Å². The summed E-state index contributed by atoms with van der Waals surface area (Å²) in [5, 5.41) is 3.83. The highest BCUT2D eigenvalue weighted by molar-refractivity contribution is 6.31. The second kappa shape index (κ2) is 10.5. The summed E-state index contributed by atoms with van der Waals surface area (Å²) < 4.78 is 5.70. The molecule has 150 valence electrons. The van der Waals surface area contributed by atoms with Gasteiger partial charge in [-0.05, 0) is 61.7 Å². The number of benzene rings is 2. The number of likely N-dealkylation sites (tertiary alicyclic amines) is 1. The summed E-state index contributed by atoms with van der Waals surface area (Å²) in [6.07, 6.45) is 2.79. The van der Waals surface area contributed by atoms with Gasteiger partial charge in [-0.1, -0.05) is 48.9 Å². The van der Waals surface area contributed by atoms with Gasteiger partial charge in [0, 0.05) is 17.5 Å². The summed E-state index contributed by atoms with van der Waals surface area (Å²) >= 11 is 6.25. The number of carbonyl (C=O) groups excluding carboxylic acids is 1. The van der Waals surface area contributed by atoms with Crippen molar-refractivity contribution in [2.75, 3.05) is 26.2 Å². The Morgan fingerprint density at radius 2 is 1.86 bits per heavy atom. The van der Waals surface area contributed by atoms with Crippen LogP contribution in [-0.4, -0.2) is 37.0 Å². The van der Waals surface area contributed by atoms with Crippen LogP contribution in [0.1, 0.15) is 30.9 Å². The van der Waals surface area contributed by atoms with E-state index in [1.165, 1.54) is 5.56 Å². The molecule has 1 saturated heterocycles. The summed E-state index contributed by atoms with van der Waals surface area (Å²) in [6.45, 7) is 5.84. The van der Waals surface area contributed by atoms with Gasteiger partial charge in [0.25, 0.3) is 0 Å². The molecule has 1 fully saturated rings. The molecule has 4 nitrogen and oxygen atoms in total. The Morgan fingerprint density at radius 3 is 2.54 bits per heavy atom. The van der Waals surface area contributed by atoms with Gasteiger partial charge < -0.3 is 10.1 Å². The molecule has 28 heavy (non-hydrogen) atoms. The lowest BCUT2D eigenvalue weighted by molar-refractivity contribution is -0.126. The predicted molar refractivity (Wildman–Crippen MR) is 114 cm³/mol. The fourth-order valence-electron chi connectivity index (χ4n) is 3.53. The molecule has 1 aliphatic heterocycles. The number of aryl methyl sites for hydroxylation is 1.